The van der Waals surface area contributed by atoms with E-state index in [0.717, 1.165) is 0 Å². The van der Waals surface area contributed by atoms with Gasteiger partial charge in [0.25, 0.3) is 0 Å². The minimum atomic E-state index is -1.23. The number of carbonyl (C=O) groups excluding carboxylic acids is 2. The average molecular weight is 318 g/mol. The third-order valence-electron chi connectivity index (χ3n) is 4.09. The van der Waals surface area contributed by atoms with Gasteiger partial charge in [-0.25, -0.2) is 0 Å². The third-order valence-corrected chi connectivity index (χ3v) is 4.09. The van der Waals surface area contributed by atoms with Crippen LogP contribution >= 0.6 is 0 Å². The first-order valence-corrected chi connectivity index (χ1v) is 7.38. The Bertz CT molecular complexity index is 633. The number of ether oxygens (including phenoxy) is 1. The van der Waals surface area contributed by atoms with Gasteiger partial charge in [0.15, 0.2) is 0 Å². The van der Waals surface area contributed by atoms with Crippen LogP contribution in [0.3, 0.4) is 0 Å². The molecule has 0 unspecified atom stereocenters. The number of carbonyl (C=O) groups is 2. The molecule has 0 atom stereocenters. The van der Waals surface area contributed by atoms with E-state index in [9.17, 15) is 14.0 Å². The van der Waals surface area contributed by atoms with Gasteiger partial charge in [0.2, 0.25) is 5.91 Å². The van der Waals surface area contributed by atoms with E-state index in [0.29, 0.717) is 24.5 Å². The largest absolute Gasteiger partial charge is 0.381 e. The summed E-state index contributed by atoms with van der Waals surface area (Å²) in [6.07, 6.45) is 6.04. The van der Waals surface area contributed by atoms with Crippen LogP contribution in [0.15, 0.2) is 24.3 Å². The first-order chi connectivity index (χ1) is 11.0. The van der Waals surface area contributed by atoms with Gasteiger partial charge >= 0.3 is 5.91 Å². The molecule has 23 heavy (non-hydrogen) atoms. The lowest BCUT2D eigenvalue weighted by atomic mass is 9.86. The second-order valence-electron chi connectivity index (χ2n) is 5.40. The standard InChI is InChI=1S/C17H19FN2O3/c1-2-15(21)20(14-5-3-4-13(12-14)6-9-18)17(16(19)22)7-10-23-11-8-17/h1,3-5,12H,6-11H2,(H2,19,22). The van der Waals surface area contributed by atoms with Gasteiger partial charge in [0, 0.05) is 38.2 Å². The Morgan fingerprint density at radius 3 is 2.65 bits per heavy atom. The first kappa shape index (κ1) is 17.0. The van der Waals surface area contributed by atoms with E-state index in [1.165, 1.54) is 4.90 Å². The summed E-state index contributed by atoms with van der Waals surface area (Å²) in [4.78, 5) is 25.8. The zero-order valence-electron chi connectivity index (χ0n) is 12.8. The number of nitrogens with zero attached hydrogens (tertiary/aromatic N) is 1. The van der Waals surface area contributed by atoms with Crippen LogP contribution in [0.25, 0.3) is 0 Å². The number of primary amides is 1. The number of halogens is 1. The summed E-state index contributed by atoms with van der Waals surface area (Å²) in [5, 5.41) is 0. The molecule has 2 amide bonds. The van der Waals surface area contributed by atoms with Crippen molar-refractivity contribution in [3.63, 3.8) is 0 Å². The molecule has 2 rings (SSSR count). The maximum absolute atomic E-state index is 12.6. The topological polar surface area (TPSA) is 72.6 Å². The van der Waals surface area contributed by atoms with Gasteiger partial charge in [-0.05, 0) is 23.6 Å². The molecule has 2 N–H and O–H groups in total. The minimum absolute atomic E-state index is 0.221. The smallest absolute Gasteiger partial charge is 0.303 e. The number of amides is 2. The highest BCUT2D eigenvalue weighted by Gasteiger charge is 2.46. The van der Waals surface area contributed by atoms with Gasteiger partial charge in [0.1, 0.15) is 5.54 Å². The Kier molecular flexibility index (Phi) is 5.35. The van der Waals surface area contributed by atoms with Crippen molar-refractivity contribution in [3.8, 4) is 12.3 Å². The Morgan fingerprint density at radius 2 is 2.09 bits per heavy atom. The number of anilines is 1. The van der Waals surface area contributed by atoms with Gasteiger partial charge in [-0.2, -0.15) is 0 Å². The lowest BCUT2D eigenvalue weighted by Gasteiger charge is -2.43. The third kappa shape index (κ3) is 3.35. The van der Waals surface area contributed by atoms with Crippen molar-refractivity contribution in [3.05, 3.63) is 29.8 Å². The van der Waals surface area contributed by atoms with E-state index < -0.39 is 24.0 Å². The Balaban J connectivity index is 2.52. The second kappa shape index (κ2) is 7.25. The summed E-state index contributed by atoms with van der Waals surface area (Å²) in [6.45, 7) is 0.101. The number of hydrogen-bond donors (Lipinski definition) is 1. The summed E-state index contributed by atoms with van der Waals surface area (Å²) in [5.74, 6) is 0.782. The van der Waals surface area contributed by atoms with Gasteiger partial charge < -0.3 is 10.5 Å². The highest BCUT2D eigenvalue weighted by molar-refractivity contribution is 6.11. The summed E-state index contributed by atoms with van der Waals surface area (Å²) >= 11 is 0. The van der Waals surface area contributed by atoms with Gasteiger partial charge in [-0.1, -0.05) is 12.1 Å². The maximum atomic E-state index is 12.6. The molecule has 0 radical (unpaired) electrons. The van der Waals surface area contributed by atoms with E-state index in [2.05, 4.69) is 5.92 Å². The molecule has 122 valence electrons. The first-order valence-electron chi connectivity index (χ1n) is 7.38. The predicted molar refractivity (Wildman–Crippen MR) is 84.4 cm³/mol. The molecule has 1 saturated heterocycles. The van der Waals surface area contributed by atoms with Crippen molar-refractivity contribution in [2.75, 3.05) is 24.8 Å². The Labute approximate surface area is 134 Å². The molecule has 0 bridgehead atoms. The van der Waals surface area contributed by atoms with E-state index in [1.54, 1.807) is 24.3 Å². The SMILES string of the molecule is C#CC(=O)N(c1cccc(CCF)c1)C1(C(N)=O)CCOCC1. The number of rotatable bonds is 5. The molecule has 1 aliphatic heterocycles. The molecular weight excluding hydrogens is 299 g/mol. The van der Waals surface area contributed by atoms with E-state index >= 15 is 0 Å². The van der Waals surface area contributed by atoms with Crippen LogP contribution in [0.4, 0.5) is 10.1 Å². The summed E-state index contributed by atoms with van der Waals surface area (Å²) in [7, 11) is 0. The number of terminal acetylenes is 1. The normalized spacial score (nSPS) is 16.3. The van der Waals surface area contributed by atoms with E-state index in [4.69, 9.17) is 16.9 Å². The number of hydrogen-bond acceptors (Lipinski definition) is 3. The van der Waals surface area contributed by atoms with Crippen molar-refractivity contribution in [1.29, 1.82) is 0 Å². The van der Waals surface area contributed by atoms with Crippen molar-refractivity contribution in [1.82, 2.24) is 0 Å². The quantitative estimate of drug-likeness (QED) is 0.829. The van der Waals surface area contributed by atoms with Crippen molar-refractivity contribution >= 4 is 17.5 Å². The summed E-state index contributed by atoms with van der Waals surface area (Å²) in [5.41, 5.74) is 5.54. The van der Waals surface area contributed by atoms with Crippen LogP contribution in [-0.4, -0.2) is 37.2 Å². The van der Waals surface area contributed by atoms with Crippen LogP contribution in [0.5, 0.6) is 0 Å². The highest BCUT2D eigenvalue weighted by atomic mass is 19.1. The Morgan fingerprint density at radius 1 is 1.39 bits per heavy atom. The maximum Gasteiger partial charge on any atom is 0.303 e. The average Bonchev–Trinajstić information content (AvgIpc) is 2.56. The second-order valence-corrected chi connectivity index (χ2v) is 5.40. The molecule has 1 aromatic carbocycles. The van der Waals surface area contributed by atoms with Gasteiger partial charge in [-0.15, -0.1) is 6.42 Å². The number of alkyl halides is 1. The van der Waals surface area contributed by atoms with Crippen LogP contribution in [0.2, 0.25) is 0 Å². The molecule has 5 nitrogen and oxygen atoms in total. The molecular formula is C17H19FN2O3. The van der Waals surface area contributed by atoms with Crippen LogP contribution in [0.1, 0.15) is 18.4 Å². The molecule has 6 heteroatoms. The molecule has 0 spiro atoms. The van der Waals surface area contributed by atoms with E-state index in [1.807, 2.05) is 0 Å². The van der Waals surface area contributed by atoms with Gasteiger partial charge in [-0.3, -0.25) is 18.9 Å². The molecule has 1 aliphatic rings. The van der Waals surface area contributed by atoms with Crippen molar-refractivity contribution in [2.45, 2.75) is 24.8 Å². The number of aryl methyl sites for hydroxylation is 1. The predicted octanol–water partition coefficient (Wildman–Crippen LogP) is 1.20. The zero-order chi connectivity index (χ0) is 16.9. The number of benzene rings is 1. The minimum Gasteiger partial charge on any atom is -0.381 e. The molecule has 0 aromatic heterocycles. The Hall–Kier alpha value is -2.39. The highest BCUT2D eigenvalue weighted by Crippen LogP contribution is 2.33. The fourth-order valence-corrected chi connectivity index (χ4v) is 2.87. The fraction of sp³-hybridized carbons (Fsp3) is 0.412. The van der Waals surface area contributed by atoms with Crippen LogP contribution in [-0.2, 0) is 20.7 Å². The zero-order valence-corrected chi connectivity index (χ0v) is 12.8. The lowest BCUT2D eigenvalue weighted by molar-refractivity contribution is -0.130. The molecule has 1 fully saturated rings. The van der Waals surface area contributed by atoms with Crippen molar-refractivity contribution in [2.24, 2.45) is 5.73 Å². The monoisotopic (exact) mass is 318 g/mol. The lowest BCUT2D eigenvalue weighted by Crippen LogP contribution is -2.62. The van der Waals surface area contributed by atoms with Crippen molar-refractivity contribution < 1.29 is 18.7 Å². The van der Waals surface area contributed by atoms with Gasteiger partial charge in [0.05, 0.1) is 6.67 Å². The molecule has 1 aromatic rings. The number of nitrogens with two attached hydrogens (primary N) is 1. The molecule has 0 aliphatic carbocycles. The van der Waals surface area contributed by atoms with Crippen LogP contribution in [0, 0.1) is 12.3 Å². The summed E-state index contributed by atoms with van der Waals surface area (Å²) < 4.78 is 17.9. The van der Waals surface area contributed by atoms with Crippen LogP contribution < -0.4 is 10.6 Å². The molecule has 1 heterocycles. The summed E-state index contributed by atoms with van der Waals surface area (Å²) in [6, 6.07) is 6.78. The van der Waals surface area contributed by atoms with E-state index in [-0.39, 0.29) is 19.3 Å². The molecule has 0 saturated carbocycles. The fourth-order valence-electron chi connectivity index (χ4n) is 2.87.